The third-order valence-electron chi connectivity index (χ3n) is 7.80. The van der Waals surface area contributed by atoms with Crippen LogP contribution in [-0.4, -0.2) is 0 Å². The molecule has 0 N–H and O–H groups in total. The van der Waals surface area contributed by atoms with Crippen molar-refractivity contribution >= 4 is 0 Å². The van der Waals surface area contributed by atoms with E-state index >= 15 is 0 Å². The molecular weight excluding hydrogens is 443 g/mol. The number of benzene rings is 1. The van der Waals surface area contributed by atoms with Crippen LogP contribution in [0.2, 0.25) is 0 Å². The molecule has 1 aromatic carbocycles. The Morgan fingerprint density at radius 3 is 1.82 bits per heavy atom. The van der Waals surface area contributed by atoms with Crippen molar-refractivity contribution in [2.45, 2.75) is 96.6 Å². The Labute approximate surface area is 201 Å². The molecule has 0 heterocycles. The topological polar surface area (TPSA) is 0 Å². The van der Waals surface area contributed by atoms with Crippen LogP contribution in [-0.2, 0) is 6.18 Å². The summed E-state index contributed by atoms with van der Waals surface area (Å²) in [4.78, 5) is 0. The van der Waals surface area contributed by atoms with Gasteiger partial charge in [-0.05, 0) is 67.6 Å². The maximum absolute atomic E-state index is 13.6. The van der Waals surface area contributed by atoms with Crippen LogP contribution in [0.15, 0.2) is 24.3 Å². The lowest BCUT2D eigenvalue weighted by molar-refractivity contribution is -0.142. The molecule has 188 valence electrons. The van der Waals surface area contributed by atoms with E-state index in [9.17, 15) is 22.0 Å². The quantitative estimate of drug-likeness (QED) is 0.269. The summed E-state index contributed by atoms with van der Waals surface area (Å²) in [5.74, 6) is 5.13. The molecule has 0 saturated heterocycles. The Bertz CT molecular complexity index is 834. The Balaban J connectivity index is 1.38. The van der Waals surface area contributed by atoms with Gasteiger partial charge in [0.25, 0.3) is 0 Å². The average molecular weight is 481 g/mol. The number of hydrogen-bond acceptors (Lipinski definition) is 0. The zero-order valence-electron chi connectivity index (χ0n) is 20.2. The molecule has 34 heavy (non-hydrogen) atoms. The van der Waals surface area contributed by atoms with E-state index in [4.69, 9.17) is 0 Å². The van der Waals surface area contributed by atoms with Crippen LogP contribution in [0.4, 0.5) is 22.0 Å². The Morgan fingerprint density at radius 2 is 1.32 bits per heavy atom. The standard InChI is InChI=1S/C29H37F5/c1-2-3-6-21-9-13-23(14-10-21)17-18-24-15-11-22(12-16-24)7-4-5-8-25-19-26(30)28(27(31)20-25)29(32,33)34/h4,7,19-24H,2-3,6,9-18H2,1H3/b7-4+/t21-,22?,23-,24?. The van der Waals surface area contributed by atoms with Crippen LogP contribution in [0.25, 0.3) is 0 Å². The van der Waals surface area contributed by atoms with Gasteiger partial charge in [0, 0.05) is 5.56 Å². The second-order valence-corrected chi connectivity index (χ2v) is 10.3. The van der Waals surface area contributed by atoms with Crippen molar-refractivity contribution < 1.29 is 22.0 Å². The van der Waals surface area contributed by atoms with E-state index in [1.54, 1.807) is 6.08 Å². The zero-order chi connectivity index (χ0) is 24.6. The number of allylic oxidation sites excluding steroid dienone is 2. The van der Waals surface area contributed by atoms with Crippen molar-refractivity contribution in [1.82, 2.24) is 0 Å². The van der Waals surface area contributed by atoms with E-state index in [0.29, 0.717) is 18.1 Å². The summed E-state index contributed by atoms with van der Waals surface area (Å²) in [5.41, 5.74) is -1.97. The highest BCUT2D eigenvalue weighted by Crippen LogP contribution is 2.38. The molecule has 0 atom stereocenters. The maximum atomic E-state index is 13.6. The third kappa shape index (κ3) is 8.14. The van der Waals surface area contributed by atoms with Gasteiger partial charge in [0.05, 0.1) is 0 Å². The predicted molar refractivity (Wildman–Crippen MR) is 127 cm³/mol. The fourth-order valence-electron chi connectivity index (χ4n) is 5.67. The molecule has 2 aliphatic rings. The van der Waals surface area contributed by atoms with E-state index < -0.39 is 23.4 Å². The molecule has 5 heteroatoms. The summed E-state index contributed by atoms with van der Waals surface area (Å²) in [6, 6.07) is 1.27. The van der Waals surface area contributed by atoms with Gasteiger partial charge in [-0.1, -0.05) is 82.6 Å². The first kappa shape index (κ1) is 26.8. The van der Waals surface area contributed by atoms with Gasteiger partial charge >= 0.3 is 6.18 Å². The van der Waals surface area contributed by atoms with E-state index in [-0.39, 0.29) is 5.56 Å². The third-order valence-corrected chi connectivity index (χ3v) is 7.80. The monoisotopic (exact) mass is 480 g/mol. The number of unbranched alkanes of at least 4 members (excludes halogenated alkanes) is 1. The highest BCUT2D eigenvalue weighted by Gasteiger charge is 2.37. The Hall–Kier alpha value is -1.83. The van der Waals surface area contributed by atoms with Crippen LogP contribution in [0.1, 0.15) is 102 Å². The molecule has 0 aliphatic heterocycles. The van der Waals surface area contributed by atoms with Crippen molar-refractivity contribution in [2.75, 3.05) is 0 Å². The van der Waals surface area contributed by atoms with E-state index in [2.05, 4.69) is 18.8 Å². The first-order chi connectivity index (χ1) is 16.3. The van der Waals surface area contributed by atoms with Gasteiger partial charge in [-0.2, -0.15) is 13.2 Å². The van der Waals surface area contributed by atoms with Crippen LogP contribution in [0, 0.1) is 47.1 Å². The van der Waals surface area contributed by atoms with Crippen molar-refractivity contribution in [1.29, 1.82) is 0 Å². The number of alkyl halides is 3. The molecule has 0 aromatic heterocycles. The SMILES string of the molecule is CCCC[C@H]1CC[C@H](CCC2CCC(/C=C/C#Cc3cc(F)c(C(F)(F)F)c(F)c3)CC2)CC1. The Morgan fingerprint density at radius 1 is 0.824 bits per heavy atom. The molecule has 2 saturated carbocycles. The molecule has 0 nitrogen and oxygen atoms in total. The smallest absolute Gasteiger partial charge is 0.206 e. The van der Waals surface area contributed by atoms with Gasteiger partial charge in [-0.25, -0.2) is 8.78 Å². The number of rotatable bonds is 7. The normalized spacial score (nSPS) is 25.8. The van der Waals surface area contributed by atoms with Crippen LogP contribution in [0.3, 0.4) is 0 Å². The van der Waals surface area contributed by atoms with Crippen molar-refractivity contribution in [3.8, 4) is 11.8 Å². The minimum atomic E-state index is -5.06. The predicted octanol–water partition coefficient (Wildman–Crippen LogP) is 9.47. The first-order valence-corrected chi connectivity index (χ1v) is 13.0. The summed E-state index contributed by atoms with van der Waals surface area (Å²) < 4.78 is 65.2. The molecule has 0 radical (unpaired) electrons. The summed E-state index contributed by atoms with van der Waals surface area (Å²) in [6.07, 6.45) is 15.8. The van der Waals surface area contributed by atoms with Gasteiger partial charge in [-0.15, -0.1) is 0 Å². The molecule has 2 aliphatic carbocycles. The second-order valence-electron chi connectivity index (χ2n) is 10.3. The van der Waals surface area contributed by atoms with Gasteiger partial charge in [0.15, 0.2) is 0 Å². The molecule has 2 fully saturated rings. The second kappa shape index (κ2) is 12.8. The number of halogens is 5. The van der Waals surface area contributed by atoms with Gasteiger partial charge in [0.2, 0.25) is 0 Å². The van der Waals surface area contributed by atoms with Crippen LogP contribution in [0.5, 0.6) is 0 Å². The largest absolute Gasteiger partial charge is 0.422 e. The molecule has 0 spiro atoms. The van der Waals surface area contributed by atoms with Crippen molar-refractivity contribution in [2.24, 2.45) is 23.7 Å². The minimum Gasteiger partial charge on any atom is -0.206 e. The number of hydrogen-bond donors (Lipinski definition) is 0. The lowest BCUT2D eigenvalue weighted by Crippen LogP contribution is -2.17. The maximum Gasteiger partial charge on any atom is 0.422 e. The average Bonchev–Trinajstić information content (AvgIpc) is 2.79. The highest BCUT2D eigenvalue weighted by molar-refractivity contribution is 5.40. The van der Waals surface area contributed by atoms with Gasteiger partial charge in [-0.3, -0.25) is 0 Å². The fraction of sp³-hybridized carbons (Fsp3) is 0.655. The molecular formula is C29H37F5. The summed E-state index contributed by atoms with van der Waals surface area (Å²) in [5, 5.41) is 0. The van der Waals surface area contributed by atoms with E-state index in [1.807, 2.05) is 6.08 Å². The highest BCUT2D eigenvalue weighted by atomic mass is 19.4. The van der Waals surface area contributed by atoms with E-state index in [1.165, 1.54) is 70.6 Å². The van der Waals surface area contributed by atoms with Crippen LogP contribution >= 0.6 is 0 Å². The minimum absolute atomic E-state index is 0.101. The summed E-state index contributed by atoms with van der Waals surface area (Å²) >= 11 is 0. The van der Waals surface area contributed by atoms with E-state index in [0.717, 1.165) is 30.6 Å². The zero-order valence-corrected chi connectivity index (χ0v) is 20.2. The summed E-state index contributed by atoms with van der Waals surface area (Å²) in [7, 11) is 0. The lowest BCUT2D eigenvalue weighted by Gasteiger charge is -2.31. The molecule has 1 aromatic rings. The van der Waals surface area contributed by atoms with Crippen molar-refractivity contribution in [3.05, 3.63) is 47.0 Å². The van der Waals surface area contributed by atoms with Crippen molar-refractivity contribution in [3.63, 3.8) is 0 Å². The molecule has 0 amide bonds. The first-order valence-electron chi connectivity index (χ1n) is 13.0. The molecule has 3 rings (SSSR count). The van der Waals surface area contributed by atoms with Crippen LogP contribution < -0.4 is 0 Å². The summed E-state index contributed by atoms with van der Waals surface area (Å²) in [6.45, 7) is 2.28. The lowest BCUT2D eigenvalue weighted by atomic mass is 9.75. The fourth-order valence-corrected chi connectivity index (χ4v) is 5.67. The molecule has 0 unspecified atom stereocenters. The van der Waals surface area contributed by atoms with Gasteiger partial charge < -0.3 is 0 Å². The Kier molecular flexibility index (Phi) is 10.0. The molecule has 0 bridgehead atoms. The van der Waals surface area contributed by atoms with Gasteiger partial charge in [0.1, 0.15) is 17.2 Å².